The van der Waals surface area contributed by atoms with E-state index in [1.54, 1.807) is 0 Å². The van der Waals surface area contributed by atoms with Gasteiger partial charge < -0.3 is 5.32 Å². The molecule has 0 bridgehead atoms. The molecule has 0 spiro atoms. The Balaban J connectivity index is 1.99. The number of hydrogen-bond acceptors (Lipinski definition) is 2. The van der Waals surface area contributed by atoms with E-state index in [1.165, 1.54) is 0 Å². The first kappa shape index (κ1) is 12.5. The molecule has 0 aliphatic rings. The molecule has 1 aromatic heterocycles. The fraction of sp³-hybridized carbons (Fsp3) is 0.308. The van der Waals surface area contributed by atoms with E-state index in [-0.39, 0.29) is 5.69 Å². The molecule has 1 N–H and O–H groups in total. The monoisotopic (exact) mass is 251 g/mol. The van der Waals surface area contributed by atoms with Gasteiger partial charge in [-0.1, -0.05) is 6.92 Å². The van der Waals surface area contributed by atoms with Crippen LogP contribution in [0.1, 0.15) is 19.0 Å². The van der Waals surface area contributed by atoms with Crippen LogP contribution in [0.5, 0.6) is 0 Å². The molecule has 0 amide bonds. The maximum absolute atomic E-state index is 13.3. The summed E-state index contributed by atoms with van der Waals surface area (Å²) in [5, 5.41) is 7.14. The second kappa shape index (κ2) is 5.62. The van der Waals surface area contributed by atoms with Gasteiger partial charge in [-0.3, -0.25) is 4.68 Å². The lowest BCUT2D eigenvalue weighted by Crippen LogP contribution is -2.04. The molecule has 0 atom stereocenters. The number of rotatable bonds is 5. The van der Waals surface area contributed by atoms with Crippen molar-refractivity contribution in [3.63, 3.8) is 0 Å². The van der Waals surface area contributed by atoms with Gasteiger partial charge >= 0.3 is 0 Å². The number of aryl methyl sites for hydroxylation is 1. The second-order valence-electron chi connectivity index (χ2n) is 4.05. The molecule has 18 heavy (non-hydrogen) atoms. The number of nitrogens with one attached hydrogen (secondary N) is 1. The number of hydrogen-bond donors (Lipinski definition) is 1. The molecule has 2 aromatic rings. The molecule has 0 radical (unpaired) electrons. The van der Waals surface area contributed by atoms with E-state index < -0.39 is 11.6 Å². The first-order valence-corrected chi connectivity index (χ1v) is 5.90. The summed E-state index contributed by atoms with van der Waals surface area (Å²) in [6.07, 6.45) is 2.88. The molecule has 0 saturated carbocycles. The highest BCUT2D eigenvalue weighted by atomic mass is 19.1. The van der Waals surface area contributed by atoms with Gasteiger partial charge in [0.1, 0.15) is 11.6 Å². The second-order valence-corrected chi connectivity index (χ2v) is 4.05. The van der Waals surface area contributed by atoms with Gasteiger partial charge in [0.15, 0.2) is 0 Å². The Labute approximate surface area is 104 Å². The summed E-state index contributed by atoms with van der Waals surface area (Å²) in [5.74, 6) is -0.931. The van der Waals surface area contributed by atoms with Crippen molar-refractivity contribution in [1.29, 1.82) is 0 Å². The summed E-state index contributed by atoms with van der Waals surface area (Å²) < 4.78 is 28.1. The molecule has 2 rings (SSSR count). The quantitative estimate of drug-likeness (QED) is 0.884. The predicted octanol–water partition coefficient (Wildman–Crippen LogP) is 3.18. The number of benzene rings is 1. The van der Waals surface area contributed by atoms with Crippen LogP contribution >= 0.6 is 0 Å². The van der Waals surface area contributed by atoms with Gasteiger partial charge in [-0.2, -0.15) is 5.10 Å². The highest BCUT2D eigenvalue weighted by Gasteiger charge is 2.04. The predicted molar refractivity (Wildman–Crippen MR) is 66.2 cm³/mol. The van der Waals surface area contributed by atoms with Crippen molar-refractivity contribution in [2.24, 2.45) is 0 Å². The largest absolute Gasteiger partial charge is 0.377 e. The van der Waals surface area contributed by atoms with Crippen LogP contribution in [-0.4, -0.2) is 9.78 Å². The SMILES string of the molecule is CCCn1ccc(CNc2cc(F)ccc2F)n1. The molecule has 0 aliphatic heterocycles. The molecule has 5 heteroatoms. The fourth-order valence-electron chi connectivity index (χ4n) is 1.67. The van der Waals surface area contributed by atoms with Gasteiger partial charge in [0.2, 0.25) is 0 Å². The highest BCUT2D eigenvalue weighted by Crippen LogP contribution is 2.15. The van der Waals surface area contributed by atoms with Crippen LogP contribution in [0.25, 0.3) is 0 Å². The minimum atomic E-state index is -0.468. The maximum atomic E-state index is 13.3. The zero-order valence-electron chi connectivity index (χ0n) is 10.2. The smallest absolute Gasteiger partial charge is 0.146 e. The van der Waals surface area contributed by atoms with Crippen LogP contribution in [0.3, 0.4) is 0 Å². The fourth-order valence-corrected chi connectivity index (χ4v) is 1.67. The maximum Gasteiger partial charge on any atom is 0.146 e. The molecule has 1 aromatic carbocycles. The molecule has 0 fully saturated rings. The first-order valence-electron chi connectivity index (χ1n) is 5.90. The highest BCUT2D eigenvalue weighted by molar-refractivity contribution is 5.45. The zero-order valence-corrected chi connectivity index (χ0v) is 10.2. The van der Waals surface area contributed by atoms with E-state index in [0.29, 0.717) is 6.54 Å². The number of halogens is 2. The lowest BCUT2D eigenvalue weighted by atomic mass is 10.3. The number of anilines is 1. The van der Waals surface area contributed by atoms with Gasteiger partial charge in [-0.25, -0.2) is 8.78 Å². The van der Waals surface area contributed by atoms with Crippen molar-refractivity contribution in [2.45, 2.75) is 26.4 Å². The van der Waals surface area contributed by atoms with Crippen LogP contribution in [0.2, 0.25) is 0 Å². The Hall–Kier alpha value is -1.91. The first-order chi connectivity index (χ1) is 8.69. The molecule has 1 heterocycles. The topological polar surface area (TPSA) is 29.9 Å². The third kappa shape index (κ3) is 3.06. The third-order valence-electron chi connectivity index (χ3n) is 2.54. The molecular formula is C13H15F2N3. The molecule has 96 valence electrons. The Morgan fingerprint density at radius 3 is 2.89 bits per heavy atom. The molecule has 0 aliphatic carbocycles. The van der Waals surface area contributed by atoms with E-state index >= 15 is 0 Å². The molecule has 0 unspecified atom stereocenters. The number of nitrogens with zero attached hydrogens (tertiary/aromatic N) is 2. The summed E-state index contributed by atoms with van der Waals surface area (Å²) in [6, 6.07) is 5.20. The van der Waals surface area contributed by atoms with Crippen LogP contribution in [0, 0.1) is 11.6 Å². The normalized spacial score (nSPS) is 10.6. The summed E-state index contributed by atoms with van der Waals surface area (Å²) in [5.41, 5.74) is 0.951. The van der Waals surface area contributed by atoms with E-state index in [0.717, 1.165) is 36.9 Å². The zero-order chi connectivity index (χ0) is 13.0. The molecular weight excluding hydrogens is 236 g/mol. The Bertz CT molecular complexity index is 523. The van der Waals surface area contributed by atoms with Crippen molar-refractivity contribution in [3.8, 4) is 0 Å². The van der Waals surface area contributed by atoms with Crippen molar-refractivity contribution >= 4 is 5.69 Å². The van der Waals surface area contributed by atoms with E-state index in [1.807, 2.05) is 16.9 Å². The van der Waals surface area contributed by atoms with Gasteiger partial charge in [-0.05, 0) is 30.7 Å². The lowest BCUT2D eigenvalue weighted by molar-refractivity contribution is 0.593. The number of aromatic nitrogens is 2. The minimum Gasteiger partial charge on any atom is -0.377 e. The van der Waals surface area contributed by atoms with Crippen LogP contribution < -0.4 is 5.32 Å². The Kier molecular flexibility index (Phi) is 3.92. The standard InChI is InChI=1S/C13H15F2N3/c1-2-6-18-7-5-11(17-18)9-16-13-8-10(14)3-4-12(13)15/h3-5,7-8,16H,2,6,9H2,1H3. The Morgan fingerprint density at radius 2 is 2.11 bits per heavy atom. The van der Waals surface area contributed by atoms with Gasteiger partial charge in [0.05, 0.1) is 17.9 Å². The van der Waals surface area contributed by atoms with Gasteiger partial charge in [0, 0.05) is 12.7 Å². The van der Waals surface area contributed by atoms with E-state index in [2.05, 4.69) is 17.3 Å². The van der Waals surface area contributed by atoms with E-state index in [9.17, 15) is 8.78 Å². The van der Waals surface area contributed by atoms with E-state index in [4.69, 9.17) is 0 Å². The third-order valence-corrected chi connectivity index (χ3v) is 2.54. The lowest BCUT2D eigenvalue weighted by Gasteiger charge is -2.05. The average Bonchev–Trinajstić information content (AvgIpc) is 2.79. The van der Waals surface area contributed by atoms with Crippen molar-refractivity contribution in [3.05, 3.63) is 47.8 Å². The van der Waals surface area contributed by atoms with Crippen molar-refractivity contribution in [1.82, 2.24) is 9.78 Å². The van der Waals surface area contributed by atoms with Gasteiger partial charge in [-0.15, -0.1) is 0 Å². The Morgan fingerprint density at radius 1 is 1.28 bits per heavy atom. The minimum absolute atomic E-state index is 0.153. The summed E-state index contributed by atoms with van der Waals surface area (Å²) in [4.78, 5) is 0. The average molecular weight is 251 g/mol. The summed E-state index contributed by atoms with van der Waals surface area (Å²) in [6.45, 7) is 3.30. The van der Waals surface area contributed by atoms with Gasteiger partial charge in [0.25, 0.3) is 0 Å². The summed E-state index contributed by atoms with van der Waals surface area (Å²) in [7, 11) is 0. The van der Waals surface area contributed by atoms with Crippen molar-refractivity contribution in [2.75, 3.05) is 5.32 Å². The van der Waals surface area contributed by atoms with Crippen molar-refractivity contribution < 1.29 is 8.78 Å². The van der Waals surface area contributed by atoms with Crippen LogP contribution in [0.15, 0.2) is 30.5 Å². The summed E-state index contributed by atoms with van der Waals surface area (Å²) >= 11 is 0. The van der Waals surface area contributed by atoms with Crippen LogP contribution in [-0.2, 0) is 13.1 Å². The molecule has 0 saturated heterocycles. The molecule has 3 nitrogen and oxygen atoms in total. The van der Waals surface area contributed by atoms with Crippen LogP contribution in [0.4, 0.5) is 14.5 Å².